The maximum Gasteiger partial charge on any atom is 0.407 e. The largest absolute Gasteiger partial charge is 0.450 e. The van der Waals surface area contributed by atoms with E-state index in [4.69, 9.17) is 4.74 Å². The van der Waals surface area contributed by atoms with E-state index in [9.17, 15) is 4.79 Å². The van der Waals surface area contributed by atoms with Crippen molar-refractivity contribution in [1.82, 2.24) is 16.0 Å². The van der Waals surface area contributed by atoms with E-state index in [-0.39, 0.29) is 36.1 Å². The lowest BCUT2D eigenvalue weighted by molar-refractivity contribution is 0.146. The number of nitrogens with one attached hydrogen (secondary N) is 3. The molecule has 1 amide bonds. The lowest BCUT2D eigenvalue weighted by Crippen LogP contribution is -2.49. The van der Waals surface area contributed by atoms with Gasteiger partial charge >= 0.3 is 6.09 Å². The van der Waals surface area contributed by atoms with Crippen molar-refractivity contribution in [2.24, 2.45) is 10.9 Å². The van der Waals surface area contributed by atoms with E-state index < -0.39 is 0 Å². The summed E-state index contributed by atoms with van der Waals surface area (Å²) in [6.45, 7) is 11.3. The van der Waals surface area contributed by atoms with Gasteiger partial charge in [-0.1, -0.05) is 20.8 Å². The maximum absolute atomic E-state index is 11.6. The van der Waals surface area contributed by atoms with Crippen LogP contribution in [0.2, 0.25) is 0 Å². The van der Waals surface area contributed by atoms with Gasteiger partial charge in [0.05, 0.1) is 6.61 Å². The molecule has 2 unspecified atom stereocenters. The summed E-state index contributed by atoms with van der Waals surface area (Å²) in [6, 6.07) is 0.372. The fraction of sp³-hybridized carbons (Fsp3) is 0.867. The highest BCUT2D eigenvalue weighted by atomic mass is 127. The Kier molecular flexibility index (Phi) is 14.9. The molecule has 132 valence electrons. The summed E-state index contributed by atoms with van der Waals surface area (Å²) < 4.78 is 4.95. The highest BCUT2D eigenvalue weighted by molar-refractivity contribution is 14.0. The number of carbonyl (C=O) groups excluding carboxylic acids is 1. The molecule has 0 aliphatic heterocycles. The van der Waals surface area contributed by atoms with E-state index in [0.29, 0.717) is 25.1 Å². The van der Waals surface area contributed by atoms with E-state index in [1.807, 2.05) is 0 Å². The lowest BCUT2D eigenvalue weighted by atomic mass is 10.0. The second kappa shape index (κ2) is 13.9. The first kappa shape index (κ1) is 23.5. The summed E-state index contributed by atoms with van der Waals surface area (Å²) in [6.07, 6.45) is 1.54. The molecule has 0 saturated heterocycles. The van der Waals surface area contributed by atoms with Crippen LogP contribution in [-0.4, -0.2) is 44.3 Å². The van der Waals surface area contributed by atoms with Crippen LogP contribution >= 0.6 is 24.0 Å². The summed E-state index contributed by atoms with van der Waals surface area (Å²) in [7, 11) is 1.74. The number of amides is 1. The van der Waals surface area contributed by atoms with Crippen molar-refractivity contribution in [3.8, 4) is 0 Å². The Morgan fingerprint density at radius 2 is 1.82 bits per heavy atom. The number of ether oxygens (including phenoxy) is 1. The Balaban J connectivity index is 0. The summed E-state index contributed by atoms with van der Waals surface area (Å²) in [5.41, 5.74) is 0. The van der Waals surface area contributed by atoms with E-state index in [1.165, 1.54) is 0 Å². The molecular formula is C15H33IN4O2. The molecule has 7 heteroatoms. The number of carbonyl (C=O) groups is 1. The molecule has 0 aliphatic rings. The molecule has 0 aromatic heterocycles. The van der Waals surface area contributed by atoms with Gasteiger partial charge in [0.15, 0.2) is 5.96 Å². The number of hydrogen-bond donors (Lipinski definition) is 3. The number of guanidine groups is 1. The third-order valence-electron chi connectivity index (χ3n) is 3.09. The predicted molar refractivity (Wildman–Crippen MR) is 103 cm³/mol. The summed E-state index contributed by atoms with van der Waals surface area (Å²) in [5, 5.41) is 9.44. The molecule has 3 N–H and O–H groups in total. The number of aliphatic imine (C=N–C) groups is 1. The number of hydrogen-bond acceptors (Lipinski definition) is 3. The molecule has 0 spiro atoms. The van der Waals surface area contributed by atoms with Crippen molar-refractivity contribution in [2.45, 2.75) is 59.5 Å². The summed E-state index contributed by atoms with van der Waals surface area (Å²) >= 11 is 0. The van der Waals surface area contributed by atoms with Crippen LogP contribution in [0.4, 0.5) is 4.79 Å². The van der Waals surface area contributed by atoms with Crippen molar-refractivity contribution in [3.05, 3.63) is 0 Å². The molecule has 6 nitrogen and oxygen atoms in total. The third-order valence-corrected chi connectivity index (χ3v) is 3.09. The zero-order valence-corrected chi connectivity index (χ0v) is 17.1. The molecule has 0 aromatic carbocycles. The van der Waals surface area contributed by atoms with E-state index in [1.54, 1.807) is 14.0 Å². The predicted octanol–water partition coefficient (Wildman–Crippen LogP) is 2.73. The van der Waals surface area contributed by atoms with Gasteiger partial charge in [-0.2, -0.15) is 0 Å². The molecule has 0 saturated carbocycles. The average Bonchev–Trinajstić information content (AvgIpc) is 2.42. The van der Waals surface area contributed by atoms with E-state index in [0.717, 1.165) is 18.8 Å². The van der Waals surface area contributed by atoms with Gasteiger partial charge in [0.25, 0.3) is 0 Å². The minimum atomic E-state index is -0.366. The van der Waals surface area contributed by atoms with Gasteiger partial charge in [-0.05, 0) is 32.6 Å². The van der Waals surface area contributed by atoms with E-state index in [2.05, 4.69) is 48.6 Å². The fourth-order valence-corrected chi connectivity index (χ4v) is 1.85. The molecule has 0 fully saturated rings. The highest BCUT2D eigenvalue weighted by Crippen LogP contribution is 2.04. The Hall–Kier alpha value is -0.730. The van der Waals surface area contributed by atoms with Crippen LogP contribution in [-0.2, 0) is 4.74 Å². The van der Waals surface area contributed by atoms with Crippen molar-refractivity contribution < 1.29 is 9.53 Å². The van der Waals surface area contributed by atoms with E-state index >= 15 is 0 Å². The van der Waals surface area contributed by atoms with Gasteiger partial charge in [-0.15, -0.1) is 24.0 Å². The van der Waals surface area contributed by atoms with Gasteiger partial charge in [0, 0.05) is 25.7 Å². The van der Waals surface area contributed by atoms with Crippen molar-refractivity contribution in [3.63, 3.8) is 0 Å². The fourth-order valence-electron chi connectivity index (χ4n) is 1.85. The van der Waals surface area contributed by atoms with Crippen molar-refractivity contribution >= 4 is 36.0 Å². The number of rotatable bonds is 8. The van der Waals surface area contributed by atoms with Crippen molar-refractivity contribution in [2.75, 3.05) is 20.2 Å². The Morgan fingerprint density at radius 1 is 1.18 bits per heavy atom. The van der Waals surface area contributed by atoms with Gasteiger partial charge in [-0.3, -0.25) is 4.99 Å². The molecule has 0 heterocycles. The van der Waals surface area contributed by atoms with Crippen LogP contribution in [0.3, 0.4) is 0 Å². The minimum absolute atomic E-state index is 0. The molecule has 0 rings (SSSR count). The van der Waals surface area contributed by atoms with Gasteiger partial charge in [0.2, 0.25) is 0 Å². The smallest absolute Gasteiger partial charge is 0.407 e. The van der Waals surface area contributed by atoms with Crippen LogP contribution in [0, 0.1) is 5.92 Å². The molecule has 0 aliphatic carbocycles. The van der Waals surface area contributed by atoms with Gasteiger partial charge in [-0.25, -0.2) is 4.79 Å². The minimum Gasteiger partial charge on any atom is -0.450 e. The standard InChI is InChI=1S/C15H32N4O2.HI/c1-7-12(5)18-14(16-6)17-10-13(9-11(3)4)19-15(20)21-8-2;/h11-13H,7-10H2,1-6H3,(H,19,20)(H2,16,17,18);1H. The zero-order chi connectivity index (χ0) is 16.3. The topological polar surface area (TPSA) is 74.8 Å². The molecule has 0 bridgehead atoms. The molecule has 0 aromatic rings. The molecular weight excluding hydrogens is 395 g/mol. The van der Waals surface area contributed by atoms with Crippen LogP contribution in [0.5, 0.6) is 0 Å². The highest BCUT2D eigenvalue weighted by Gasteiger charge is 2.15. The van der Waals surface area contributed by atoms with Crippen molar-refractivity contribution in [1.29, 1.82) is 0 Å². The van der Waals surface area contributed by atoms with Gasteiger partial charge < -0.3 is 20.7 Å². The van der Waals surface area contributed by atoms with Gasteiger partial charge in [0.1, 0.15) is 0 Å². The van der Waals surface area contributed by atoms with Crippen LogP contribution < -0.4 is 16.0 Å². The average molecular weight is 428 g/mol. The summed E-state index contributed by atoms with van der Waals surface area (Å²) in [5.74, 6) is 1.24. The quantitative estimate of drug-likeness (QED) is 0.316. The SMILES string of the molecule is CCOC(=O)NC(CNC(=NC)NC(C)CC)CC(C)C.I. The second-order valence-corrected chi connectivity index (χ2v) is 5.60. The van der Waals surface area contributed by atoms with Crippen LogP contribution in [0.1, 0.15) is 47.5 Å². The first-order chi connectivity index (χ1) is 9.92. The maximum atomic E-state index is 11.6. The summed E-state index contributed by atoms with van der Waals surface area (Å²) in [4.78, 5) is 15.8. The van der Waals surface area contributed by atoms with Crippen LogP contribution in [0.25, 0.3) is 0 Å². The monoisotopic (exact) mass is 428 g/mol. The number of nitrogens with zero attached hydrogens (tertiary/aromatic N) is 1. The zero-order valence-electron chi connectivity index (χ0n) is 14.7. The second-order valence-electron chi connectivity index (χ2n) is 5.60. The molecule has 0 radical (unpaired) electrons. The number of halogens is 1. The first-order valence-corrected chi connectivity index (χ1v) is 7.83. The normalized spacial score (nSPS) is 13.9. The van der Waals surface area contributed by atoms with Crippen LogP contribution in [0.15, 0.2) is 4.99 Å². The lowest BCUT2D eigenvalue weighted by Gasteiger charge is -2.23. The Labute approximate surface area is 152 Å². The number of alkyl carbamates (subject to hydrolysis) is 1. The Morgan fingerprint density at radius 3 is 2.27 bits per heavy atom. The third kappa shape index (κ3) is 11.9. The molecule has 22 heavy (non-hydrogen) atoms. The Bertz CT molecular complexity index is 325. The first-order valence-electron chi connectivity index (χ1n) is 7.83. The molecule has 2 atom stereocenters.